The molecule has 1 amide bonds. The molecule has 0 atom stereocenters. The minimum absolute atomic E-state index is 0.174. The Morgan fingerprint density at radius 3 is 2.41 bits per heavy atom. The lowest BCUT2D eigenvalue weighted by Gasteiger charge is -2.21. The van der Waals surface area contributed by atoms with E-state index in [1.807, 2.05) is 0 Å². The van der Waals surface area contributed by atoms with E-state index in [0.717, 1.165) is 0 Å². The number of aliphatic carboxylic acids is 1. The van der Waals surface area contributed by atoms with Crippen LogP contribution in [-0.2, 0) is 9.53 Å². The summed E-state index contributed by atoms with van der Waals surface area (Å²) in [7, 11) is 4.42. The summed E-state index contributed by atoms with van der Waals surface area (Å²) in [6.07, 6.45) is 0. The molecule has 1 rings (SSSR count). The van der Waals surface area contributed by atoms with E-state index < -0.39 is 18.4 Å². The zero-order valence-corrected chi connectivity index (χ0v) is 14.2. The number of rotatable bonds is 8. The van der Waals surface area contributed by atoms with Gasteiger partial charge in [0.15, 0.2) is 11.5 Å². The van der Waals surface area contributed by atoms with Crippen molar-refractivity contribution < 1.29 is 28.9 Å². The second-order valence-electron chi connectivity index (χ2n) is 4.31. The standard InChI is InChI=1S/C14H18BrNO6/c1-20-5-4-16(8-12(17)18)14(19)9-6-10(15)13(22-3)11(7-9)21-2/h6-7H,4-5,8H2,1-3H3,(H,17,18). The number of ether oxygens (including phenoxy) is 3. The summed E-state index contributed by atoms with van der Waals surface area (Å²) in [5.41, 5.74) is 0.293. The van der Waals surface area contributed by atoms with Gasteiger partial charge in [-0.3, -0.25) is 9.59 Å². The lowest BCUT2D eigenvalue weighted by atomic mass is 10.1. The van der Waals surface area contributed by atoms with E-state index in [0.29, 0.717) is 21.5 Å². The molecule has 0 saturated heterocycles. The largest absolute Gasteiger partial charge is 0.493 e. The quantitative estimate of drug-likeness (QED) is 0.743. The maximum Gasteiger partial charge on any atom is 0.323 e. The van der Waals surface area contributed by atoms with Crippen molar-refractivity contribution in [2.75, 3.05) is 41.0 Å². The van der Waals surface area contributed by atoms with Crippen LogP contribution in [-0.4, -0.2) is 62.9 Å². The van der Waals surface area contributed by atoms with E-state index >= 15 is 0 Å². The van der Waals surface area contributed by atoms with Gasteiger partial charge in [0.1, 0.15) is 6.54 Å². The third-order valence-corrected chi connectivity index (χ3v) is 3.45. The molecule has 0 heterocycles. The summed E-state index contributed by atoms with van der Waals surface area (Å²) in [5, 5.41) is 8.93. The molecule has 1 N–H and O–H groups in total. The van der Waals surface area contributed by atoms with E-state index in [1.54, 1.807) is 6.07 Å². The number of nitrogens with zero attached hydrogens (tertiary/aromatic N) is 1. The SMILES string of the molecule is COCCN(CC(=O)O)C(=O)c1cc(Br)c(OC)c(OC)c1. The second-order valence-corrected chi connectivity index (χ2v) is 5.16. The third kappa shape index (κ3) is 4.60. The lowest BCUT2D eigenvalue weighted by Crippen LogP contribution is -2.38. The number of hydrogen-bond acceptors (Lipinski definition) is 5. The molecule has 8 heteroatoms. The molecular weight excluding hydrogens is 358 g/mol. The van der Waals surface area contributed by atoms with E-state index in [1.165, 1.54) is 32.3 Å². The van der Waals surface area contributed by atoms with Crippen LogP contribution in [0.15, 0.2) is 16.6 Å². The molecule has 0 saturated carbocycles. The van der Waals surface area contributed by atoms with Gasteiger partial charge < -0.3 is 24.2 Å². The molecule has 1 aromatic carbocycles. The van der Waals surface area contributed by atoms with Crippen LogP contribution in [0, 0.1) is 0 Å². The normalized spacial score (nSPS) is 10.2. The Kier molecular flexibility index (Phi) is 7.13. The lowest BCUT2D eigenvalue weighted by molar-refractivity contribution is -0.137. The van der Waals surface area contributed by atoms with Gasteiger partial charge in [-0.2, -0.15) is 0 Å². The number of benzene rings is 1. The average molecular weight is 376 g/mol. The van der Waals surface area contributed by atoms with E-state index in [2.05, 4.69) is 15.9 Å². The maximum atomic E-state index is 12.5. The van der Waals surface area contributed by atoms with E-state index in [9.17, 15) is 9.59 Å². The van der Waals surface area contributed by atoms with Crippen molar-refractivity contribution in [2.24, 2.45) is 0 Å². The minimum Gasteiger partial charge on any atom is -0.493 e. The van der Waals surface area contributed by atoms with Gasteiger partial charge in [0, 0.05) is 19.2 Å². The first-order chi connectivity index (χ1) is 10.4. The molecule has 0 spiro atoms. The Hall–Kier alpha value is -1.80. The number of carbonyl (C=O) groups excluding carboxylic acids is 1. The van der Waals surface area contributed by atoms with Crippen molar-refractivity contribution >= 4 is 27.8 Å². The molecule has 0 bridgehead atoms. The molecule has 0 unspecified atom stereocenters. The summed E-state index contributed by atoms with van der Waals surface area (Å²) < 4.78 is 15.8. The zero-order chi connectivity index (χ0) is 16.7. The van der Waals surface area contributed by atoms with Crippen LogP contribution in [0.5, 0.6) is 11.5 Å². The number of carbonyl (C=O) groups is 2. The predicted molar refractivity (Wildman–Crippen MR) is 82.7 cm³/mol. The summed E-state index contributed by atoms with van der Waals surface area (Å²) in [6, 6.07) is 3.07. The van der Waals surface area contributed by atoms with E-state index in [4.69, 9.17) is 19.3 Å². The first-order valence-electron chi connectivity index (χ1n) is 6.36. The highest BCUT2D eigenvalue weighted by Gasteiger charge is 2.21. The Morgan fingerprint density at radius 2 is 1.91 bits per heavy atom. The van der Waals surface area contributed by atoms with Crippen LogP contribution in [0.3, 0.4) is 0 Å². The molecular formula is C14H18BrNO6. The summed E-state index contributed by atoms with van der Waals surface area (Å²) in [4.78, 5) is 24.6. The molecule has 0 aromatic heterocycles. The zero-order valence-electron chi connectivity index (χ0n) is 12.6. The molecule has 0 aliphatic rings. The smallest absolute Gasteiger partial charge is 0.323 e. The Balaban J connectivity index is 3.12. The van der Waals surface area contributed by atoms with Gasteiger partial charge in [0.2, 0.25) is 0 Å². The number of carboxylic acids is 1. The summed E-state index contributed by atoms with van der Waals surface area (Å²) >= 11 is 3.30. The van der Waals surface area contributed by atoms with Crippen LogP contribution in [0.4, 0.5) is 0 Å². The number of methoxy groups -OCH3 is 3. The minimum atomic E-state index is -1.09. The first kappa shape index (κ1) is 18.2. The van der Waals surface area contributed by atoms with Gasteiger partial charge in [-0.05, 0) is 28.1 Å². The van der Waals surface area contributed by atoms with Crippen LogP contribution >= 0.6 is 15.9 Å². The van der Waals surface area contributed by atoms with Gasteiger partial charge in [0.05, 0.1) is 25.3 Å². The fraction of sp³-hybridized carbons (Fsp3) is 0.429. The highest BCUT2D eigenvalue weighted by molar-refractivity contribution is 9.10. The molecule has 0 fully saturated rings. The van der Waals surface area contributed by atoms with Crippen molar-refractivity contribution in [2.45, 2.75) is 0 Å². The van der Waals surface area contributed by atoms with Crippen LogP contribution < -0.4 is 9.47 Å². The Morgan fingerprint density at radius 1 is 1.23 bits per heavy atom. The van der Waals surface area contributed by atoms with Gasteiger partial charge >= 0.3 is 5.97 Å². The highest BCUT2D eigenvalue weighted by atomic mass is 79.9. The van der Waals surface area contributed by atoms with Crippen LogP contribution in [0.1, 0.15) is 10.4 Å². The van der Waals surface area contributed by atoms with Gasteiger partial charge in [-0.25, -0.2) is 0 Å². The first-order valence-corrected chi connectivity index (χ1v) is 7.15. The monoisotopic (exact) mass is 375 g/mol. The van der Waals surface area contributed by atoms with Crippen molar-refractivity contribution in [1.82, 2.24) is 4.90 Å². The van der Waals surface area contributed by atoms with Crippen LogP contribution in [0.25, 0.3) is 0 Å². The van der Waals surface area contributed by atoms with Crippen molar-refractivity contribution in [3.05, 3.63) is 22.2 Å². The van der Waals surface area contributed by atoms with Gasteiger partial charge in [-0.1, -0.05) is 0 Å². The van der Waals surface area contributed by atoms with Crippen LogP contribution in [0.2, 0.25) is 0 Å². The third-order valence-electron chi connectivity index (χ3n) is 2.86. The fourth-order valence-corrected chi connectivity index (χ4v) is 2.45. The summed E-state index contributed by atoms with van der Waals surface area (Å²) in [5.74, 6) is -0.687. The molecule has 0 aliphatic heterocycles. The van der Waals surface area contributed by atoms with Crippen molar-refractivity contribution in [3.63, 3.8) is 0 Å². The fourth-order valence-electron chi connectivity index (χ4n) is 1.84. The molecule has 1 aromatic rings. The number of carboxylic acid groups (broad SMARTS) is 1. The number of amides is 1. The number of halogens is 1. The predicted octanol–water partition coefficient (Wildman–Crippen LogP) is 1.64. The summed E-state index contributed by atoms with van der Waals surface area (Å²) in [6.45, 7) is 0.00916. The molecule has 0 radical (unpaired) electrons. The van der Waals surface area contributed by atoms with Gasteiger partial charge in [0.25, 0.3) is 5.91 Å². The number of hydrogen-bond donors (Lipinski definition) is 1. The Bertz CT molecular complexity index is 548. The topological polar surface area (TPSA) is 85.3 Å². The molecule has 22 heavy (non-hydrogen) atoms. The van der Waals surface area contributed by atoms with E-state index in [-0.39, 0.29) is 13.2 Å². The Labute approximate surface area is 136 Å². The molecule has 0 aliphatic carbocycles. The van der Waals surface area contributed by atoms with Crippen molar-refractivity contribution in [3.8, 4) is 11.5 Å². The van der Waals surface area contributed by atoms with Crippen molar-refractivity contribution in [1.29, 1.82) is 0 Å². The molecule has 122 valence electrons. The molecule has 7 nitrogen and oxygen atoms in total. The second kappa shape index (κ2) is 8.60. The van der Waals surface area contributed by atoms with Gasteiger partial charge in [-0.15, -0.1) is 0 Å². The maximum absolute atomic E-state index is 12.5. The average Bonchev–Trinajstić information content (AvgIpc) is 2.49. The highest BCUT2D eigenvalue weighted by Crippen LogP contribution is 2.36.